The molecule has 0 saturated heterocycles. The first-order chi connectivity index (χ1) is 15.5. The van der Waals surface area contributed by atoms with E-state index in [0.717, 1.165) is 0 Å². The molecule has 0 aromatic carbocycles. The Morgan fingerprint density at radius 2 is 2.03 bits per heavy atom. The number of fused-ring (bicyclic) bond motifs is 1. The molecule has 182 valence electrons. The molecule has 0 bridgehead atoms. The Labute approximate surface area is 190 Å². The van der Waals surface area contributed by atoms with Gasteiger partial charge in [0.1, 0.15) is 23.7 Å². The molecule has 0 radical (unpaired) electrons. The Morgan fingerprint density at radius 1 is 1.30 bits per heavy atom. The summed E-state index contributed by atoms with van der Waals surface area (Å²) < 4.78 is 31.3. The number of imidazole rings is 1. The van der Waals surface area contributed by atoms with Crippen molar-refractivity contribution in [1.29, 1.82) is 0 Å². The van der Waals surface area contributed by atoms with Crippen LogP contribution in [0.25, 0.3) is 11.2 Å². The van der Waals surface area contributed by atoms with Gasteiger partial charge in [-0.2, -0.15) is 0 Å². The Balaban J connectivity index is 1.67. The molecule has 4 N–H and O–H groups in total. The highest BCUT2D eigenvalue weighted by Crippen LogP contribution is 2.49. The molecule has 1 aliphatic carbocycles. The highest BCUT2D eigenvalue weighted by atomic mass is 31.2. The minimum absolute atomic E-state index is 0.252. The van der Waals surface area contributed by atoms with E-state index >= 15 is 0 Å². The maximum absolute atomic E-state index is 13.5. The van der Waals surface area contributed by atoms with E-state index in [-0.39, 0.29) is 11.9 Å². The van der Waals surface area contributed by atoms with Crippen LogP contribution in [0, 0.1) is 0 Å². The van der Waals surface area contributed by atoms with Crippen molar-refractivity contribution in [3.05, 3.63) is 12.7 Å². The molecular formula is C19H29N6O7P. The van der Waals surface area contributed by atoms with Gasteiger partial charge in [-0.25, -0.2) is 24.8 Å². The zero-order valence-electron chi connectivity index (χ0n) is 18.8. The first kappa shape index (κ1) is 25.0. The Hall–Kier alpha value is -2.60. The number of rotatable bonds is 12. The molecule has 2 heterocycles. The van der Waals surface area contributed by atoms with Crippen molar-refractivity contribution in [2.45, 2.75) is 64.3 Å². The Morgan fingerprint density at radius 3 is 2.64 bits per heavy atom. The molecule has 1 aliphatic rings. The summed E-state index contributed by atoms with van der Waals surface area (Å²) in [6.07, 6.45) is 2.83. The molecule has 13 nitrogen and oxygen atoms in total. The molecule has 14 heteroatoms. The Bertz CT molecular complexity index is 1050. The van der Waals surface area contributed by atoms with Gasteiger partial charge in [-0.15, -0.1) is 0 Å². The van der Waals surface area contributed by atoms with Gasteiger partial charge in [-0.1, -0.05) is 0 Å². The third-order valence-corrected chi connectivity index (χ3v) is 6.98. The van der Waals surface area contributed by atoms with Gasteiger partial charge in [0, 0.05) is 0 Å². The molecule has 3 rings (SSSR count). The minimum Gasteiger partial charge on any atom is -0.480 e. The van der Waals surface area contributed by atoms with Gasteiger partial charge in [0.05, 0.1) is 25.1 Å². The lowest BCUT2D eigenvalue weighted by atomic mass is 9.78. The van der Waals surface area contributed by atoms with Crippen molar-refractivity contribution in [3.8, 4) is 0 Å². The third kappa shape index (κ3) is 6.05. The van der Waals surface area contributed by atoms with Crippen LogP contribution in [-0.4, -0.2) is 67.3 Å². The quantitative estimate of drug-likeness (QED) is 0.292. The van der Waals surface area contributed by atoms with Crippen molar-refractivity contribution in [2.75, 3.05) is 18.7 Å². The van der Waals surface area contributed by atoms with Crippen molar-refractivity contribution in [3.63, 3.8) is 0 Å². The van der Waals surface area contributed by atoms with E-state index in [4.69, 9.17) is 19.7 Å². The highest BCUT2D eigenvalue weighted by Gasteiger charge is 2.49. The fraction of sp³-hybridized carbons (Fsp3) is 0.632. The molecule has 1 saturated carbocycles. The number of hydrogen-bond donors (Lipinski definition) is 3. The highest BCUT2D eigenvalue weighted by molar-refractivity contribution is 7.56. The summed E-state index contributed by atoms with van der Waals surface area (Å²) in [7, 11) is -3.88. The molecule has 0 spiro atoms. The summed E-state index contributed by atoms with van der Waals surface area (Å²) in [6.45, 7) is 4.79. The topological polar surface area (TPSA) is 181 Å². The van der Waals surface area contributed by atoms with Crippen LogP contribution in [0.5, 0.6) is 0 Å². The van der Waals surface area contributed by atoms with E-state index in [0.29, 0.717) is 37.0 Å². The number of carboxylic acid groups (broad SMARTS) is 1. The number of carboxylic acids is 1. The predicted octanol–water partition coefficient (Wildman–Crippen LogP) is 1.53. The van der Waals surface area contributed by atoms with Crippen LogP contribution in [0.15, 0.2) is 12.7 Å². The molecule has 2 unspecified atom stereocenters. The normalized spacial score (nSPS) is 17.9. The maximum atomic E-state index is 13.5. The van der Waals surface area contributed by atoms with Crippen LogP contribution in [0.3, 0.4) is 0 Å². The smallest absolute Gasteiger partial charge is 0.332 e. The number of anilines is 1. The summed E-state index contributed by atoms with van der Waals surface area (Å²) in [5, 5.41) is 12.3. The van der Waals surface area contributed by atoms with E-state index in [1.165, 1.54) is 6.33 Å². The summed E-state index contributed by atoms with van der Waals surface area (Å²) in [5.74, 6) is -1.58. The number of hydrogen-bond acceptors (Lipinski definition) is 10. The second-order valence-electron chi connectivity index (χ2n) is 8.27. The standard InChI is InChI=1S/C19H29N6O7P/c1-12(2)32-14(26)8-31-33(29,24-19(18(27)28)5-4-6-19)11-30-13(3)7-25-10-23-15-16(20)21-9-22-17(15)25/h9-10,12-13H,4-8,11H2,1-3H3,(H,24,29)(H,27,28)(H2,20,21,22). The summed E-state index contributed by atoms with van der Waals surface area (Å²) in [4.78, 5) is 35.9. The van der Waals surface area contributed by atoms with Crippen LogP contribution >= 0.6 is 7.52 Å². The Kier molecular flexibility index (Phi) is 7.68. The molecule has 0 aliphatic heterocycles. The van der Waals surface area contributed by atoms with Crippen LogP contribution in [0.1, 0.15) is 40.0 Å². The number of nitrogens with one attached hydrogen (secondary N) is 1. The predicted molar refractivity (Wildman–Crippen MR) is 117 cm³/mol. The van der Waals surface area contributed by atoms with Gasteiger partial charge in [0.25, 0.3) is 7.52 Å². The number of carbonyl (C=O) groups excluding carboxylic acids is 1. The number of nitrogens with two attached hydrogens (primary N) is 1. The number of aliphatic carboxylic acids is 1. The van der Waals surface area contributed by atoms with Crippen molar-refractivity contribution < 1.29 is 33.3 Å². The largest absolute Gasteiger partial charge is 0.480 e. The van der Waals surface area contributed by atoms with E-state index in [1.807, 2.05) is 0 Å². The van der Waals surface area contributed by atoms with Crippen molar-refractivity contribution in [2.24, 2.45) is 0 Å². The zero-order valence-corrected chi connectivity index (χ0v) is 19.7. The summed E-state index contributed by atoms with van der Waals surface area (Å²) in [5.41, 5.74) is 5.40. The van der Waals surface area contributed by atoms with Gasteiger partial charge in [0.15, 0.2) is 18.1 Å². The monoisotopic (exact) mass is 484 g/mol. The minimum atomic E-state index is -3.88. The molecule has 2 atom stereocenters. The van der Waals surface area contributed by atoms with Crippen LogP contribution in [0.2, 0.25) is 0 Å². The molecule has 2 aromatic rings. The second-order valence-corrected chi connectivity index (χ2v) is 10.4. The first-order valence-electron chi connectivity index (χ1n) is 10.5. The molecule has 1 fully saturated rings. The first-order valence-corrected chi connectivity index (χ1v) is 12.3. The lowest BCUT2D eigenvalue weighted by Gasteiger charge is -2.40. The van der Waals surface area contributed by atoms with E-state index < -0.39 is 44.1 Å². The van der Waals surface area contributed by atoms with Gasteiger partial charge < -0.3 is 29.4 Å². The fourth-order valence-corrected chi connectivity index (χ4v) is 5.31. The van der Waals surface area contributed by atoms with Gasteiger partial charge in [0.2, 0.25) is 0 Å². The van der Waals surface area contributed by atoms with Gasteiger partial charge in [-0.3, -0.25) is 9.36 Å². The van der Waals surface area contributed by atoms with Gasteiger partial charge >= 0.3 is 11.9 Å². The van der Waals surface area contributed by atoms with E-state index in [2.05, 4.69) is 20.0 Å². The van der Waals surface area contributed by atoms with Crippen LogP contribution in [0.4, 0.5) is 5.82 Å². The summed E-state index contributed by atoms with van der Waals surface area (Å²) >= 11 is 0. The number of nitrogen functional groups attached to an aromatic ring is 1. The average molecular weight is 484 g/mol. The fourth-order valence-electron chi connectivity index (χ4n) is 3.37. The van der Waals surface area contributed by atoms with Crippen molar-refractivity contribution in [1.82, 2.24) is 24.6 Å². The number of aromatic nitrogens is 4. The van der Waals surface area contributed by atoms with E-state index in [9.17, 15) is 19.3 Å². The lowest BCUT2D eigenvalue weighted by molar-refractivity contribution is -0.149. The molecule has 2 aromatic heterocycles. The maximum Gasteiger partial charge on any atom is 0.332 e. The average Bonchev–Trinajstić information content (AvgIpc) is 3.11. The van der Waals surface area contributed by atoms with E-state index in [1.54, 1.807) is 31.7 Å². The summed E-state index contributed by atoms with van der Waals surface area (Å²) in [6, 6.07) is 0. The molecule has 0 amide bonds. The number of ether oxygens (including phenoxy) is 2. The lowest BCUT2D eigenvalue weighted by Crippen LogP contribution is -2.56. The SMILES string of the molecule is CC(C)OC(=O)COP(=O)(COC(C)Cn1cnc2c(N)ncnc21)NC1(C(=O)O)CCC1. The molecular weight excluding hydrogens is 455 g/mol. The number of esters is 1. The number of nitrogens with zero attached hydrogens (tertiary/aromatic N) is 4. The van der Waals surface area contributed by atoms with Gasteiger partial charge in [-0.05, 0) is 40.0 Å². The van der Waals surface area contributed by atoms with Crippen LogP contribution in [-0.2, 0) is 34.7 Å². The molecule has 33 heavy (non-hydrogen) atoms. The number of carbonyl (C=O) groups is 2. The zero-order chi connectivity index (χ0) is 24.2. The van der Waals surface area contributed by atoms with Crippen molar-refractivity contribution >= 4 is 36.4 Å². The third-order valence-electron chi connectivity index (χ3n) is 5.17. The second kappa shape index (κ2) is 10.1. The van der Waals surface area contributed by atoms with Crippen LogP contribution < -0.4 is 10.8 Å².